The molecular weight excluding hydrogens is 204 g/mol. The summed E-state index contributed by atoms with van der Waals surface area (Å²) in [5, 5.41) is 9.17. The third-order valence-corrected chi connectivity index (χ3v) is 3.03. The molecule has 98 valence electrons. The lowest BCUT2D eigenvalue weighted by atomic mass is 9.94. The predicted molar refractivity (Wildman–Crippen MR) is 67.5 cm³/mol. The van der Waals surface area contributed by atoms with Crippen LogP contribution in [0, 0.1) is 0 Å². The topological polar surface area (TPSA) is 58.7 Å². The number of nitrogens with zero attached hydrogens (tertiary/aromatic N) is 1. The molecule has 16 heavy (non-hydrogen) atoms. The van der Waals surface area contributed by atoms with E-state index in [4.69, 9.17) is 10.5 Å². The molecule has 0 saturated heterocycles. The van der Waals surface area contributed by atoms with Crippen LogP contribution in [0.25, 0.3) is 0 Å². The van der Waals surface area contributed by atoms with Crippen LogP contribution in [0.2, 0.25) is 0 Å². The molecule has 0 amide bonds. The highest BCUT2D eigenvalue weighted by atomic mass is 16.5. The van der Waals surface area contributed by atoms with Crippen LogP contribution in [-0.2, 0) is 4.74 Å². The second kappa shape index (κ2) is 7.22. The lowest BCUT2D eigenvalue weighted by molar-refractivity contribution is 0.0621. The van der Waals surface area contributed by atoms with Crippen molar-refractivity contribution in [1.82, 2.24) is 4.90 Å². The first-order valence-corrected chi connectivity index (χ1v) is 6.02. The molecule has 3 atom stereocenters. The summed E-state index contributed by atoms with van der Waals surface area (Å²) in [6.45, 7) is 10.0. The van der Waals surface area contributed by atoms with Crippen LogP contribution >= 0.6 is 0 Å². The van der Waals surface area contributed by atoms with Gasteiger partial charge < -0.3 is 15.6 Å². The molecule has 0 aromatic carbocycles. The lowest BCUT2D eigenvalue weighted by Crippen LogP contribution is -2.50. The van der Waals surface area contributed by atoms with E-state index in [-0.39, 0.29) is 6.61 Å². The standard InChI is InChI=1S/C12H28N2O2/c1-6-14(11(3)8-16-5)10(2)7-12(4,13)9-15/h10-11,15H,6-9,13H2,1-5H3. The monoisotopic (exact) mass is 232 g/mol. The first kappa shape index (κ1) is 15.8. The number of rotatable bonds is 8. The molecule has 0 spiro atoms. The van der Waals surface area contributed by atoms with Gasteiger partial charge in [-0.15, -0.1) is 0 Å². The van der Waals surface area contributed by atoms with Gasteiger partial charge in [0.15, 0.2) is 0 Å². The summed E-state index contributed by atoms with van der Waals surface area (Å²) >= 11 is 0. The minimum absolute atomic E-state index is 0.0214. The summed E-state index contributed by atoms with van der Waals surface area (Å²) in [7, 11) is 1.72. The van der Waals surface area contributed by atoms with Gasteiger partial charge in [-0.1, -0.05) is 6.92 Å². The normalized spacial score (nSPS) is 19.5. The van der Waals surface area contributed by atoms with Crippen molar-refractivity contribution >= 4 is 0 Å². The highest BCUT2D eigenvalue weighted by molar-refractivity contribution is 4.84. The Morgan fingerprint density at radius 3 is 2.31 bits per heavy atom. The van der Waals surface area contributed by atoms with Gasteiger partial charge in [0.2, 0.25) is 0 Å². The first-order chi connectivity index (χ1) is 7.37. The SMILES string of the molecule is CCN(C(C)COC)C(C)CC(C)(N)CO. The average molecular weight is 232 g/mol. The summed E-state index contributed by atoms with van der Waals surface area (Å²) < 4.78 is 5.17. The molecule has 4 nitrogen and oxygen atoms in total. The van der Waals surface area contributed by atoms with E-state index in [1.807, 2.05) is 6.92 Å². The Labute approximate surface area is 99.8 Å². The van der Waals surface area contributed by atoms with Gasteiger partial charge in [-0.05, 0) is 33.7 Å². The second-order valence-corrected chi connectivity index (χ2v) is 5.00. The summed E-state index contributed by atoms with van der Waals surface area (Å²) in [6, 6.07) is 0.719. The molecule has 0 aromatic rings. The Morgan fingerprint density at radius 2 is 1.94 bits per heavy atom. The molecule has 0 aliphatic carbocycles. The summed E-state index contributed by atoms with van der Waals surface area (Å²) in [6.07, 6.45) is 0.783. The van der Waals surface area contributed by atoms with Crippen LogP contribution < -0.4 is 5.73 Å². The molecule has 0 aromatic heterocycles. The summed E-state index contributed by atoms with van der Waals surface area (Å²) in [4.78, 5) is 2.35. The number of methoxy groups -OCH3 is 1. The Balaban J connectivity index is 4.35. The van der Waals surface area contributed by atoms with E-state index >= 15 is 0 Å². The van der Waals surface area contributed by atoms with Crippen LogP contribution in [0.4, 0.5) is 0 Å². The van der Waals surface area contributed by atoms with Crippen LogP contribution in [0.15, 0.2) is 0 Å². The van der Waals surface area contributed by atoms with Gasteiger partial charge in [0.05, 0.1) is 13.2 Å². The van der Waals surface area contributed by atoms with E-state index < -0.39 is 5.54 Å². The quantitative estimate of drug-likeness (QED) is 0.651. The fourth-order valence-electron chi connectivity index (χ4n) is 2.25. The van der Waals surface area contributed by atoms with Crippen molar-refractivity contribution in [2.24, 2.45) is 5.73 Å². The van der Waals surface area contributed by atoms with Crippen LogP contribution in [0.3, 0.4) is 0 Å². The molecule has 0 rings (SSSR count). The minimum Gasteiger partial charge on any atom is -0.394 e. The van der Waals surface area contributed by atoms with Crippen molar-refractivity contribution in [3.8, 4) is 0 Å². The van der Waals surface area contributed by atoms with Crippen molar-refractivity contribution < 1.29 is 9.84 Å². The third-order valence-electron chi connectivity index (χ3n) is 3.03. The van der Waals surface area contributed by atoms with Gasteiger partial charge in [-0.25, -0.2) is 0 Å². The highest BCUT2D eigenvalue weighted by Crippen LogP contribution is 2.15. The number of ether oxygens (including phenoxy) is 1. The molecule has 3 unspecified atom stereocenters. The maximum atomic E-state index is 9.17. The van der Waals surface area contributed by atoms with E-state index in [0.29, 0.717) is 12.1 Å². The molecule has 0 fully saturated rings. The predicted octanol–water partition coefficient (Wildman–Crippen LogP) is 0.832. The highest BCUT2D eigenvalue weighted by Gasteiger charge is 2.26. The zero-order chi connectivity index (χ0) is 12.8. The number of aliphatic hydroxyl groups excluding tert-OH is 1. The maximum absolute atomic E-state index is 9.17. The van der Waals surface area contributed by atoms with Crippen molar-refractivity contribution in [2.45, 2.75) is 51.7 Å². The number of nitrogens with two attached hydrogens (primary N) is 1. The largest absolute Gasteiger partial charge is 0.394 e. The number of likely N-dealkylation sites (N-methyl/N-ethyl adjacent to an activating group) is 1. The van der Waals surface area contributed by atoms with E-state index in [2.05, 4.69) is 25.7 Å². The lowest BCUT2D eigenvalue weighted by Gasteiger charge is -2.37. The molecule has 0 saturated carbocycles. The molecule has 0 radical (unpaired) electrons. The molecule has 0 bridgehead atoms. The zero-order valence-corrected chi connectivity index (χ0v) is 11.4. The Hall–Kier alpha value is -0.160. The van der Waals surface area contributed by atoms with Crippen molar-refractivity contribution in [1.29, 1.82) is 0 Å². The Bertz CT molecular complexity index is 186. The fraction of sp³-hybridized carbons (Fsp3) is 1.00. The van der Waals surface area contributed by atoms with Gasteiger partial charge in [0.25, 0.3) is 0 Å². The summed E-state index contributed by atoms with van der Waals surface area (Å²) in [5.41, 5.74) is 5.48. The first-order valence-electron chi connectivity index (χ1n) is 6.02. The second-order valence-electron chi connectivity index (χ2n) is 5.00. The van der Waals surface area contributed by atoms with Gasteiger partial charge in [0.1, 0.15) is 0 Å². The molecule has 0 aliphatic rings. The van der Waals surface area contributed by atoms with Crippen molar-refractivity contribution in [2.75, 3.05) is 26.9 Å². The Morgan fingerprint density at radius 1 is 1.38 bits per heavy atom. The van der Waals surface area contributed by atoms with Crippen molar-refractivity contribution in [3.05, 3.63) is 0 Å². The summed E-state index contributed by atoms with van der Waals surface area (Å²) in [5.74, 6) is 0. The average Bonchev–Trinajstić information content (AvgIpc) is 2.18. The number of hydrogen-bond donors (Lipinski definition) is 2. The molecular formula is C12H28N2O2. The van der Waals surface area contributed by atoms with E-state index in [9.17, 15) is 5.11 Å². The van der Waals surface area contributed by atoms with E-state index in [1.54, 1.807) is 7.11 Å². The molecule has 0 aliphatic heterocycles. The number of aliphatic hydroxyl groups is 1. The molecule has 3 N–H and O–H groups in total. The number of hydrogen-bond acceptors (Lipinski definition) is 4. The van der Waals surface area contributed by atoms with E-state index in [0.717, 1.165) is 19.6 Å². The van der Waals surface area contributed by atoms with Gasteiger partial charge in [-0.3, -0.25) is 4.90 Å². The molecule has 0 heterocycles. The minimum atomic E-state index is -0.500. The smallest absolute Gasteiger partial charge is 0.0615 e. The zero-order valence-electron chi connectivity index (χ0n) is 11.4. The molecule has 4 heteroatoms. The van der Waals surface area contributed by atoms with E-state index in [1.165, 1.54) is 0 Å². The Kier molecular flexibility index (Phi) is 7.15. The van der Waals surface area contributed by atoms with Gasteiger partial charge in [0, 0.05) is 24.7 Å². The van der Waals surface area contributed by atoms with Gasteiger partial charge >= 0.3 is 0 Å². The van der Waals surface area contributed by atoms with Gasteiger partial charge in [-0.2, -0.15) is 0 Å². The van der Waals surface area contributed by atoms with Crippen molar-refractivity contribution in [3.63, 3.8) is 0 Å². The third kappa shape index (κ3) is 5.25. The fourth-order valence-corrected chi connectivity index (χ4v) is 2.25. The van der Waals surface area contributed by atoms with Crippen LogP contribution in [-0.4, -0.2) is 54.5 Å². The van der Waals surface area contributed by atoms with Crippen LogP contribution in [0.5, 0.6) is 0 Å². The maximum Gasteiger partial charge on any atom is 0.0615 e. The van der Waals surface area contributed by atoms with Crippen LogP contribution in [0.1, 0.15) is 34.1 Å².